The maximum atomic E-state index is 10.8. The highest BCUT2D eigenvalue weighted by Gasteiger charge is 2.64. The van der Waals surface area contributed by atoms with Crippen LogP contribution in [0.25, 0.3) is 0 Å². The Hall–Kier alpha value is -0.383. The van der Waals surface area contributed by atoms with Gasteiger partial charge in [-0.2, -0.15) is 0 Å². The topological polar surface area (TPSA) is 47.9 Å². The minimum atomic E-state index is -1.91. The van der Waals surface area contributed by atoms with Crippen LogP contribution < -0.4 is 0 Å². The quantitative estimate of drug-likeness (QED) is 0.160. The normalized spacial score (nSPS) is 28.4. The lowest BCUT2D eigenvalue weighted by Gasteiger charge is -2.48. The van der Waals surface area contributed by atoms with Crippen molar-refractivity contribution in [2.75, 3.05) is 13.2 Å². The van der Waals surface area contributed by atoms with Gasteiger partial charge in [0.1, 0.15) is 6.10 Å². The summed E-state index contributed by atoms with van der Waals surface area (Å²) in [5.74, 6) is 7.34. The van der Waals surface area contributed by atoms with Crippen LogP contribution in [-0.4, -0.2) is 44.6 Å². The van der Waals surface area contributed by atoms with Gasteiger partial charge >= 0.3 is 0 Å². The van der Waals surface area contributed by atoms with Crippen LogP contribution in [-0.2, 0) is 13.9 Å². The molecular weight excluding hydrogens is 452 g/mol. The summed E-state index contributed by atoms with van der Waals surface area (Å²) in [6, 6.07) is 0. The molecule has 0 aromatic rings. The van der Waals surface area contributed by atoms with Crippen LogP contribution in [0.15, 0.2) is 0 Å². The number of fused-ring (bicyclic) bond motifs is 2. The van der Waals surface area contributed by atoms with Gasteiger partial charge in [-0.25, -0.2) is 0 Å². The van der Waals surface area contributed by atoms with Crippen LogP contribution in [0.1, 0.15) is 111 Å². The van der Waals surface area contributed by atoms with Crippen LogP contribution in [0.5, 0.6) is 0 Å². The molecule has 5 unspecified atom stereocenters. The second-order valence-electron chi connectivity index (χ2n) is 12.9. The molecule has 5 atom stereocenters. The summed E-state index contributed by atoms with van der Waals surface area (Å²) < 4.78 is 18.7. The molecule has 35 heavy (non-hydrogen) atoms. The van der Waals surface area contributed by atoms with Crippen molar-refractivity contribution >= 4 is 8.32 Å². The molecule has 1 heterocycles. The standard InChI is InChI=1S/C30H54O4Si/c1-7-8-9-10-11-12-13-14-15-16-17-24(34-35(5,6)29(2,3)4)18-19-25-26-23-30(32-20-21-33-30)27(26)22-28(25)31/h24-28,31H,7-17,20-23H2,1-6H3. The summed E-state index contributed by atoms with van der Waals surface area (Å²) in [7, 11) is -1.91. The van der Waals surface area contributed by atoms with Gasteiger partial charge in [-0.3, -0.25) is 0 Å². The van der Waals surface area contributed by atoms with Crippen LogP contribution in [0.3, 0.4) is 0 Å². The number of hydrogen-bond donors (Lipinski definition) is 1. The smallest absolute Gasteiger partial charge is 0.193 e. The number of rotatable bonds is 13. The fraction of sp³-hybridized carbons (Fsp3) is 0.933. The Balaban J connectivity index is 1.50. The highest BCUT2D eigenvalue weighted by Crippen LogP contribution is 2.59. The van der Waals surface area contributed by atoms with E-state index in [0.29, 0.717) is 25.0 Å². The SMILES string of the molecule is CCCCCCCCCCCCC(C#CC1C(O)CC2C1CC21OCCO1)O[Si](C)(C)C(C)(C)C. The molecule has 3 aliphatic rings. The summed E-state index contributed by atoms with van der Waals surface area (Å²) in [6.45, 7) is 15.2. The molecule has 0 bridgehead atoms. The van der Waals surface area contributed by atoms with Gasteiger partial charge in [0.25, 0.3) is 0 Å². The van der Waals surface area contributed by atoms with Crippen LogP contribution in [0, 0.1) is 29.6 Å². The van der Waals surface area contributed by atoms with Gasteiger partial charge in [-0.15, -0.1) is 0 Å². The van der Waals surface area contributed by atoms with Crippen LogP contribution >= 0.6 is 0 Å². The molecule has 0 amide bonds. The summed E-state index contributed by atoms with van der Waals surface area (Å²) in [5, 5.41) is 11.0. The van der Waals surface area contributed by atoms with Crippen LogP contribution in [0.2, 0.25) is 18.1 Å². The predicted octanol–water partition coefficient (Wildman–Crippen LogP) is 7.45. The second-order valence-corrected chi connectivity index (χ2v) is 17.7. The van der Waals surface area contributed by atoms with Crippen molar-refractivity contribution < 1.29 is 19.0 Å². The average Bonchev–Trinajstić information content (AvgIpc) is 3.37. The molecule has 1 N–H and O–H groups in total. The Morgan fingerprint density at radius 1 is 0.971 bits per heavy atom. The van der Waals surface area contributed by atoms with Gasteiger partial charge in [0.05, 0.1) is 19.3 Å². The van der Waals surface area contributed by atoms with Gasteiger partial charge < -0.3 is 19.0 Å². The minimum absolute atomic E-state index is 0.0239. The number of unbranched alkanes of at least 4 members (excludes halogenated alkanes) is 9. The lowest BCUT2D eigenvalue weighted by molar-refractivity contribution is -0.270. The molecule has 0 aromatic carbocycles. The van der Waals surface area contributed by atoms with Crippen molar-refractivity contribution in [3.8, 4) is 11.8 Å². The fourth-order valence-corrected chi connectivity index (χ4v) is 7.16. The number of aliphatic hydroxyl groups is 1. The van der Waals surface area contributed by atoms with Crippen molar-refractivity contribution in [2.45, 2.75) is 147 Å². The molecule has 5 heteroatoms. The van der Waals surface area contributed by atoms with Gasteiger partial charge in [0.15, 0.2) is 14.1 Å². The maximum Gasteiger partial charge on any atom is 0.193 e. The maximum absolute atomic E-state index is 10.8. The summed E-state index contributed by atoms with van der Waals surface area (Å²) in [4.78, 5) is 0. The van der Waals surface area contributed by atoms with Crippen molar-refractivity contribution in [3.63, 3.8) is 0 Å². The molecule has 202 valence electrons. The van der Waals surface area contributed by atoms with E-state index in [9.17, 15) is 5.11 Å². The third kappa shape index (κ3) is 7.57. The number of aliphatic hydroxyl groups excluding tert-OH is 1. The molecule has 0 radical (unpaired) electrons. The van der Waals surface area contributed by atoms with E-state index >= 15 is 0 Å². The first-order valence-corrected chi connectivity index (χ1v) is 17.7. The largest absolute Gasteiger partial charge is 0.403 e. The molecule has 3 rings (SSSR count). The van der Waals surface area contributed by atoms with Crippen molar-refractivity contribution in [1.29, 1.82) is 0 Å². The Kier molecular flexibility index (Phi) is 10.8. The Morgan fingerprint density at radius 3 is 2.11 bits per heavy atom. The molecule has 0 aromatic heterocycles. The summed E-state index contributed by atoms with van der Waals surface area (Å²) in [6.07, 6.45) is 15.6. The number of ether oxygens (including phenoxy) is 2. The van der Waals surface area contributed by atoms with Gasteiger partial charge in [0.2, 0.25) is 0 Å². The van der Waals surface area contributed by atoms with E-state index < -0.39 is 14.1 Å². The lowest BCUT2D eigenvalue weighted by atomic mass is 9.67. The fourth-order valence-electron chi connectivity index (χ4n) is 5.92. The molecule has 4 nitrogen and oxygen atoms in total. The van der Waals surface area contributed by atoms with E-state index in [0.717, 1.165) is 19.3 Å². The zero-order valence-electron chi connectivity index (χ0n) is 23.7. The van der Waals surface area contributed by atoms with Crippen molar-refractivity contribution in [3.05, 3.63) is 0 Å². The minimum Gasteiger partial charge on any atom is -0.403 e. The molecule has 1 spiro atoms. The van der Waals surface area contributed by atoms with E-state index in [4.69, 9.17) is 13.9 Å². The monoisotopic (exact) mass is 506 g/mol. The van der Waals surface area contributed by atoms with Crippen molar-refractivity contribution in [2.24, 2.45) is 17.8 Å². The molecule has 1 saturated heterocycles. The predicted molar refractivity (Wildman–Crippen MR) is 147 cm³/mol. The summed E-state index contributed by atoms with van der Waals surface area (Å²) in [5.41, 5.74) is 0. The van der Waals surface area contributed by atoms with Gasteiger partial charge in [-0.1, -0.05) is 97.3 Å². The Morgan fingerprint density at radius 2 is 1.54 bits per heavy atom. The van der Waals surface area contributed by atoms with E-state index in [1.807, 2.05) is 0 Å². The van der Waals surface area contributed by atoms with Crippen molar-refractivity contribution in [1.82, 2.24) is 0 Å². The van der Waals surface area contributed by atoms with Crippen LogP contribution in [0.4, 0.5) is 0 Å². The van der Waals surface area contributed by atoms with Gasteiger partial charge in [0, 0.05) is 18.3 Å². The third-order valence-corrected chi connectivity index (χ3v) is 13.7. The van der Waals surface area contributed by atoms with E-state index in [1.54, 1.807) is 0 Å². The molecule has 1 aliphatic heterocycles. The second kappa shape index (κ2) is 12.9. The van der Waals surface area contributed by atoms with E-state index in [1.165, 1.54) is 64.2 Å². The first kappa shape index (κ1) is 29.2. The number of hydrogen-bond acceptors (Lipinski definition) is 4. The first-order valence-electron chi connectivity index (χ1n) is 14.7. The Bertz CT molecular complexity index is 697. The molecular formula is C30H54O4Si. The summed E-state index contributed by atoms with van der Waals surface area (Å²) >= 11 is 0. The third-order valence-electron chi connectivity index (χ3n) is 9.22. The Labute approximate surface area is 217 Å². The zero-order valence-corrected chi connectivity index (χ0v) is 24.7. The first-order chi connectivity index (χ1) is 16.6. The molecule has 2 saturated carbocycles. The van der Waals surface area contributed by atoms with E-state index in [2.05, 4.69) is 52.6 Å². The van der Waals surface area contributed by atoms with E-state index in [-0.39, 0.29) is 23.2 Å². The highest BCUT2D eigenvalue weighted by molar-refractivity contribution is 6.74. The average molecular weight is 507 g/mol. The van der Waals surface area contributed by atoms with Gasteiger partial charge in [-0.05, 0) is 43.3 Å². The molecule has 2 aliphatic carbocycles. The lowest BCUT2D eigenvalue weighted by Crippen LogP contribution is -2.53. The zero-order chi connectivity index (χ0) is 25.5. The molecule has 3 fully saturated rings. The highest BCUT2D eigenvalue weighted by atomic mass is 28.4.